The molecule has 2 N–H and O–H groups in total. The van der Waals surface area contributed by atoms with Gasteiger partial charge in [-0.25, -0.2) is 4.99 Å². The summed E-state index contributed by atoms with van der Waals surface area (Å²) in [6.45, 7) is 0. The van der Waals surface area contributed by atoms with Crippen molar-refractivity contribution in [2.75, 3.05) is 0 Å². The van der Waals surface area contributed by atoms with Crippen molar-refractivity contribution in [2.45, 2.75) is 0 Å². The zero-order valence-electron chi connectivity index (χ0n) is 8.21. The molecule has 0 aliphatic carbocycles. The number of nitrogens with two attached hydrogens (primary N) is 1. The molecule has 4 nitrogen and oxygen atoms in total. The molecule has 2 rings (SSSR count). The first-order valence-electron chi connectivity index (χ1n) is 4.52. The number of para-hydroxylation sites is 1. The van der Waals surface area contributed by atoms with E-state index in [1.165, 1.54) is 12.5 Å². The van der Waals surface area contributed by atoms with Gasteiger partial charge in [-0.15, -0.1) is 0 Å². The van der Waals surface area contributed by atoms with Gasteiger partial charge in [-0.2, -0.15) is 0 Å². The molecular weight excluding hydrogens is 224 g/mol. The minimum absolute atomic E-state index is 0.0208. The minimum Gasteiger partial charge on any atom is -0.463 e. The van der Waals surface area contributed by atoms with Crippen molar-refractivity contribution in [3.63, 3.8) is 0 Å². The minimum atomic E-state index is -0.151. The predicted octanol–water partition coefficient (Wildman–Crippen LogP) is 1.46. The van der Waals surface area contributed by atoms with E-state index in [0.717, 1.165) is 0 Å². The highest BCUT2D eigenvalue weighted by Crippen LogP contribution is 2.09. The number of rotatable bonds is 1. The monoisotopic (exact) mass is 232 g/mol. The Morgan fingerprint density at radius 2 is 2.19 bits per heavy atom. The molecule has 0 atom stereocenters. The van der Waals surface area contributed by atoms with Crippen molar-refractivity contribution in [3.8, 4) is 0 Å². The second-order valence-electron chi connectivity index (χ2n) is 3.11. The summed E-state index contributed by atoms with van der Waals surface area (Å²) in [5.41, 5.74) is 5.92. The normalized spacial score (nSPS) is 11.0. The van der Waals surface area contributed by atoms with Crippen LogP contribution in [0.3, 0.4) is 0 Å². The van der Waals surface area contributed by atoms with E-state index in [9.17, 15) is 4.79 Å². The highest BCUT2D eigenvalue weighted by molar-refractivity contribution is 7.80. The Morgan fingerprint density at radius 1 is 1.44 bits per heavy atom. The van der Waals surface area contributed by atoms with Crippen LogP contribution in [0, 0.1) is 0 Å². The van der Waals surface area contributed by atoms with E-state index in [1.807, 2.05) is 0 Å². The molecule has 0 bridgehead atoms. The second-order valence-corrected chi connectivity index (χ2v) is 3.53. The van der Waals surface area contributed by atoms with Crippen LogP contribution < -0.4 is 11.2 Å². The SMILES string of the molecule is NC(=S)N=Cc1coc2ccccc2c1=O. The Hall–Kier alpha value is -2.01. The molecule has 0 aliphatic heterocycles. The third-order valence-corrected chi connectivity index (χ3v) is 2.14. The average Bonchev–Trinajstić information content (AvgIpc) is 2.28. The molecule has 0 saturated carbocycles. The molecule has 0 amide bonds. The van der Waals surface area contributed by atoms with Crippen LogP contribution in [0.2, 0.25) is 0 Å². The Kier molecular flexibility index (Phi) is 2.78. The van der Waals surface area contributed by atoms with Gasteiger partial charge in [0.25, 0.3) is 0 Å². The van der Waals surface area contributed by atoms with Gasteiger partial charge in [-0.1, -0.05) is 12.1 Å². The summed E-state index contributed by atoms with van der Waals surface area (Å²) in [4.78, 5) is 15.6. The zero-order chi connectivity index (χ0) is 11.5. The Labute approximate surface area is 96.4 Å². The molecule has 0 fully saturated rings. The lowest BCUT2D eigenvalue weighted by Crippen LogP contribution is -2.10. The van der Waals surface area contributed by atoms with Gasteiger partial charge in [0.15, 0.2) is 5.11 Å². The Balaban J connectivity index is 2.61. The number of fused-ring (bicyclic) bond motifs is 1. The smallest absolute Gasteiger partial charge is 0.201 e. The van der Waals surface area contributed by atoms with Crippen molar-refractivity contribution in [3.05, 3.63) is 46.3 Å². The molecule has 1 heterocycles. The van der Waals surface area contributed by atoms with Crippen LogP contribution in [0.1, 0.15) is 5.56 Å². The second kappa shape index (κ2) is 4.24. The first-order valence-corrected chi connectivity index (χ1v) is 4.93. The highest BCUT2D eigenvalue weighted by atomic mass is 32.1. The van der Waals surface area contributed by atoms with E-state index in [-0.39, 0.29) is 10.5 Å². The summed E-state index contributed by atoms with van der Waals surface area (Å²) in [7, 11) is 0. The molecule has 2 aromatic rings. The first kappa shape index (κ1) is 10.5. The third kappa shape index (κ3) is 1.99. The highest BCUT2D eigenvalue weighted by Gasteiger charge is 2.03. The summed E-state index contributed by atoms with van der Waals surface area (Å²) in [6, 6.07) is 6.99. The molecule has 0 unspecified atom stereocenters. The topological polar surface area (TPSA) is 68.6 Å². The summed E-state index contributed by atoms with van der Waals surface area (Å²) in [5.74, 6) is 0. The maximum atomic E-state index is 11.9. The summed E-state index contributed by atoms with van der Waals surface area (Å²) in [5, 5.41) is 0.488. The fourth-order valence-electron chi connectivity index (χ4n) is 1.32. The van der Waals surface area contributed by atoms with Crippen LogP contribution >= 0.6 is 12.2 Å². The maximum Gasteiger partial charge on any atom is 0.201 e. The maximum absolute atomic E-state index is 11.9. The lowest BCUT2D eigenvalue weighted by Gasteiger charge is -1.96. The Morgan fingerprint density at radius 3 is 2.94 bits per heavy atom. The molecule has 1 aromatic heterocycles. The molecule has 5 heteroatoms. The number of aliphatic imine (C=N–C) groups is 1. The summed E-state index contributed by atoms with van der Waals surface area (Å²) < 4.78 is 5.28. The summed E-state index contributed by atoms with van der Waals surface area (Å²) >= 11 is 4.58. The first-order chi connectivity index (χ1) is 7.68. The fourth-order valence-corrected chi connectivity index (χ4v) is 1.37. The van der Waals surface area contributed by atoms with Crippen molar-refractivity contribution in [2.24, 2.45) is 10.7 Å². The van der Waals surface area contributed by atoms with Crippen LogP contribution in [0.25, 0.3) is 11.0 Å². The molecule has 0 radical (unpaired) electrons. The van der Waals surface area contributed by atoms with Gasteiger partial charge in [-0.05, 0) is 24.4 Å². The van der Waals surface area contributed by atoms with E-state index < -0.39 is 0 Å². The van der Waals surface area contributed by atoms with Gasteiger partial charge < -0.3 is 10.2 Å². The largest absolute Gasteiger partial charge is 0.463 e. The van der Waals surface area contributed by atoms with Crippen molar-refractivity contribution in [1.29, 1.82) is 0 Å². The van der Waals surface area contributed by atoms with Gasteiger partial charge in [0, 0.05) is 6.21 Å². The molecule has 0 aliphatic rings. The molecule has 1 aromatic carbocycles. The van der Waals surface area contributed by atoms with Gasteiger partial charge in [0.05, 0.1) is 10.9 Å². The number of hydrogen-bond donors (Lipinski definition) is 1. The zero-order valence-corrected chi connectivity index (χ0v) is 9.03. The van der Waals surface area contributed by atoms with Gasteiger partial charge >= 0.3 is 0 Å². The van der Waals surface area contributed by atoms with Crippen LogP contribution in [-0.2, 0) is 0 Å². The van der Waals surface area contributed by atoms with Crippen molar-refractivity contribution in [1.82, 2.24) is 0 Å². The van der Waals surface area contributed by atoms with E-state index >= 15 is 0 Å². The van der Waals surface area contributed by atoms with Crippen LogP contribution in [-0.4, -0.2) is 11.3 Å². The fraction of sp³-hybridized carbons (Fsp3) is 0. The third-order valence-electron chi connectivity index (χ3n) is 2.04. The predicted molar refractivity (Wildman–Crippen MR) is 66.9 cm³/mol. The van der Waals surface area contributed by atoms with E-state index in [0.29, 0.717) is 16.5 Å². The van der Waals surface area contributed by atoms with Crippen molar-refractivity contribution >= 4 is 34.5 Å². The van der Waals surface area contributed by atoms with Gasteiger partial charge in [0.1, 0.15) is 11.8 Å². The Bertz CT molecular complexity index is 631. The molecule has 16 heavy (non-hydrogen) atoms. The quantitative estimate of drug-likeness (QED) is 0.597. The van der Waals surface area contributed by atoms with Crippen molar-refractivity contribution < 1.29 is 4.42 Å². The van der Waals surface area contributed by atoms with E-state index in [1.54, 1.807) is 24.3 Å². The number of hydrogen-bond acceptors (Lipinski definition) is 3. The lowest BCUT2D eigenvalue weighted by molar-refractivity contribution is 0.601. The standard InChI is InChI=1S/C11H8N2O2S/c12-11(16)13-5-7-6-15-9-4-2-1-3-8(9)10(7)14/h1-6H,(H2,12,16). The van der Waals surface area contributed by atoms with Crippen LogP contribution in [0.5, 0.6) is 0 Å². The summed E-state index contributed by atoms with van der Waals surface area (Å²) in [6.07, 6.45) is 2.65. The number of thiocarbonyl (C=S) groups is 1. The van der Waals surface area contributed by atoms with Gasteiger partial charge in [-0.3, -0.25) is 4.79 Å². The van der Waals surface area contributed by atoms with Gasteiger partial charge in [0.2, 0.25) is 5.43 Å². The number of nitrogens with zero attached hydrogens (tertiary/aromatic N) is 1. The lowest BCUT2D eigenvalue weighted by atomic mass is 10.2. The molecule has 80 valence electrons. The van der Waals surface area contributed by atoms with Crippen LogP contribution in [0.4, 0.5) is 0 Å². The van der Waals surface area contributed by atoms with Crippen LogP contribution in [0.15, 0.2) is 44.7 Å². The molecular formula is C11H8N2O2S. The number of benzene rings is 1. The van der Waals surface area contributed by atoms with E-state index in [4.69, 9.17) is 10.2 Å². The molecule has 0 spiro atoms. The average molecular weight is 232 g/mol. The van der Waals surface area contributed by atoms with E-state index in [2.05, 4.69) is 17.2 Å². The molecule has 0 saturated heterocycles.